The van der Waals surface area contributed by atoms with E-state index in [1.807, 2.05) is 0 Å². The van der Waals surface area contributed by atoms with Crippen LogP contribution in [-0.4, -0.2) is 31.3 Å². The average molecular weight is 281 g/mol. The monoisotopic (exact) mass is 281 g/mol. The van der Waals surface area contributed by atoms with Crippen LogP contribution in [0.25, 0.3) is 0 Å². The fourth-order valence-corrected chi connectivity index (χ4v) is 3.09. The number of ether oxygens (including phenoxy) is 1. The predicted octanol–water partition coefficient (Wildman–Crippen LogP) is 2.82. The molecule has 0 aromatic heterocycles. The average Bonchev–Trinajstić information content (AvgIpc) is 2.43. The molecule has 0 aromatic carbocycles. The highest BCUT2D eigenvalue weighted by Gasteiger charge is 2.32. The topological polar surface area (TPSA) is 59.6 Å². The highest BCUT2D eigenvalue weighted by Crippen LogP contribution is 2.32. The first-order valence-electron chi connectivity index (χ1n) is 8.42. The number of guanidine groups is 1. The van der Waals surface area contributed by atoms with Gasteiger partial charge in [0.2, 0.25) is 0 Å². The van der Waals surface area contributed by atoms with Crippen LogP contribution in [0.5, 0.6) is 0 Å². The summed E-state index contributed by atoms with van der Waals surface area (Å²) in [6.45, 7) is 4.70. The van der Waals surface area contributed by atoms with Crippen molar-refractivity contribution in [3.63, 3.8) is 0 Å². The number of hydrogen-bond acceptors (Lipinski definition) is 2. The zero-order valence-electron chi connectivity index (χ0n) is 13.0. The van der Waals surface area contributed by atoms with E-state index in [-0.39, 0.29) is 5.60 Å². The van der Waals surface area contributed by atoms with E-state index in [1.165, 1.54) is 38.5 Å². The van der Waals surface area contributed by atoms with E-state index in [9.17, 15) is 0 Å². The molecule has 4 nitrogen and oxygen atoms in total. The maximum Gasteiger partial charge on any atom is 0.188 e. The molecule has 0 saturated heterocycles. The lowest BCUT2D eigenvalue weighted by Gasteiger charge is -2.36. The van der Waals surface area contributed by atoms with Gasteiger partial charge in [-0.3, -0.25) is 4.99 Å². The molecule has 0 bridgehead atoms. The molecule has 2 fully saturated rings. The summed E-state index contributed by atoms with van der Waals surface area (Å²) >= 11 is 0. The molecule has 2 aliphatic carbocycles. The Morgan fingerprint density at radius 2 is 2.00 bits per heavy atom. The summed E-state index contributed by atoms with van der Waals surface area (Å²) < 4.78 is 6.14. The van der Waals surface area contributed by atoms with Crippen molar-refractivity contribution in [2.75, 3.05) is 19.7 Å². The Morgan fingerprint density at radius 3 is 2.60 bits per heavy atom. The second-order valence-corrected chi connectivity index (χ2v) is 6.47. The molecular formula is C16H31N3O. The third-order valence-electron chi connectivity index (χ3n) is 4.71. The summed E-state index contributed by atoms with van der Waals surface area (Å²) in [6, 6.07) is 0. The van der Waals surface area contributed by atoms with Gasteiger partial charge in [-0.1, -0.05) is 32.6 Å². The molecule has 0 radical (unpaired) electrons. The number of aliphatic imine (C=N–C) groups is 1. The van der Waals surface area contributed by atoms with Gasteiger partial charge in [0, 0.05) is 13.2 Å². The van der Waals surface area contributed by atoms with Crippen molar-refractivity contribution in [1.82, 2.24) is 5.32 Å². The van der Waals surface area contributed by atoms with Crippen molar-refractivity contribution in [2.45, 2.75) is 70.3 Å². The van der Waals surface area contributed by atoms with Gasteiger partial charge in [-0.05, 0) is 38.0 Å². The van der Waals surface area contributed by atoms with Crippen LogP contribution in [0.1, 0.15) is 64.7 Å². The molecule has 0 atom stereocenters. The Hall–Kier alpha value is -0.770. The molecule has 0 aliphatic heterocycles. The molecule has 116 valence electrons. The van der Waals surface area contributed by atoms with Crippen molar-refractivity contribution in [3.8, 4) is 0 Å². The quantitative estimate of drug-likeness (QED) is 0.557. The molecular weight excluding hydrogens is 250 g/mol. The number of nitrogens with one attached hydrogen (secondary N) is 1. The van der Waals surface area contributed by atoms with Crippen LogP contribution in [0.3, 0.4) is 0 Å². The van der Waals surface area contributed by atoms with Crippen molar-refractivity contribution >= 4 is 5.96 Å². The van der Waals surface area contributed by atoms with E-state index in [4.69, 9.17) is 10.5 Å². The molecule has 2 saturated carbocycles. The van der Waals surface area contributed by atoms with E-state index in [0.717, 1.165) is 44.9 Å². The number of nitrogens with two attached hydrogens (primary N) is 1. The third-order valence-corrected chi connectivity index (χ3v) is 4.71. The molecule has 0 amide bonds. The molecule has 2 aliphatic rings. The standard InChI is InChI=1S/C16H31N3O/c1-2-11-20-16(9-4-3-5-10-16)13-19-15(17)18-12-14-7-6-8-14/h14H,2-13H2,1H3,(H3,17,18,19). The lowest BCUT2D eigenvalue weighted by molar-refractivity contribution is -0.0624. The zero-order valence-corrected chi connectivity index (χ0v) is 13.0. The Labute approximate surface area is 123 Å². The maximum absolute atomic E-state index is 6.14. The van der Waals surface area contributed by atoms with Gasteiger partial charge in [-0.2, -0.15) is 0 Å². The Balaban J connectivity index is 1.79. The minimum atomic E-state index is -0.0446. The predicted molar refractivity (Wildman–Crippen MR) is 83.9 cm³/mol. The third kappa shape index (κ3) is 4.65. The minimum absolute atomic E-state index is 0.0446. The van der Waals surface area contributed by atoms with Gasteiger partial charge in [0.25, 0.3) is 0 Å². The number of rotatable bonds is 7. The SMILES string of the molecule is CCCOC1(CN=C(N)NCC2CCC2)CCCCC1. The first kappa shape index (κ1) is 15.6. The lowest BCUT2D eigenvalue weighted by atomic mass is 9.84. The first-order valence-corrected chi connectivity index (χ1v) is 8.42. The molecule has 2 rings (SSSR count). The summed E-state index contributed by atoms with van der Waals surface area (Å²) in [7, 11) is 0. The van der Waals surface area contributed by atoms with Crippen molar-refractivity contribution in [3.05, 3.63) is 0 Å². The van der Waals surface area contributed by atoms with Crippen LogP contribution in [0.2, 0.25) is 0 Å². The summed E-state index contributed by atoms with van der Waals surface area (Å²) in [5, 5.41) is 3.27. The smallest absolute Gasteiger partial charge is 0.188 e. The molecule has 4 heteroatoms. The summed E-state index contributed by atoms with van der Waals surface area (Å²) in [6.07, 6.45) is 11.2. The highest BCUT2D eigenvalue weighted by atomic mass is 16.5. The molecule has 0 unspecified atom stereocenters. The lowest BCUT2D eigenvalue weighted by Crippen LogP contribution is -2.42. The van der Waals surface area contributed by atoms with E-state index in [0.29, 0.717) is 5.96 Å². The number of hydrogen-bond donors (Lipinski definition) is 2. The normalized spacial score (nSPS) is 23.4. The fourth-order valence-electron chi connectivity index (χ4n) is 3.09. The summed E-state index contributed by atoms with van der Waals surface area (Å²) in [4.78, 5) is 4.56. The largest absolute Gasteiger partial charge is 0.373 e. The van der Waals surface area contributed by atoms with Crippen molar-refractivity contribution in [2.24, 2.45) is 16.6 Å². The molecule has 0 aromatic rings. The number of nitrogens with zero attached hydrogens (tertiary/aromatic N) is 1. The van der Waals surface area contributed by atoms with Crippen molar-refractivity contribution < 1.29 is 4.74 Å². The van der Waals surface area contributed by atoms with Gasteiger partial charge in [0.1, 0.15) is 0 Å². The van der Waals surface area contributed by atoms with E-state index < -0.39 is 0 Å². The molecule has 20 heavy (non-hydrogen) atoms. The van der Waals surface area contributed by atoms with Gasteiger partial charge >= 0.3 is 0 Å². The zero-order chi connectivity index (χ0) is 14.3. The van der Waals surface area contributed by atoms with Crippen LogP contribution in [0.15, 0.2) is 4.99 Å². The highest BCUT2D eigenvalue weighted by molar-refractivity contribution is 5.77. The van der Waals surface area contributed by atoms with E-state index in [2.05, 4.69) is 17.2 Å². The van der Waals surface area contributed by atoms with E-state index in [1.54, 1.807) is 0 Å². The molecule has 0 spiro atoms. The van der Waals surface area contributed by atoms with Crippen LogP contribution in [-0.2, 0) is 4.74 Å². The van der Waals surface area contributed by atoms with Gasteiger partial charge < -0.3 is 15.8 Å². The Bertz CT molecular complexity index is 307. The van der Waals surface area contributed by atoms with Crippen LogP contribution in [0, 0.1) is 5.92 Å². The van der Waals surface area contributed by atoms with Crippen LogP contribution < -0.4 is 11.1 Å². The maximum atomic E-state index is 6.14. The first-order chi connectivity index (χ1) is 9.74. The summed E-state index contributed by atoms with van der Waals surface area (Å²) in [5.74, 6) is 1.41. The van der Waals surface area contributed by atoms with Gasteiger partial charge in [-0.25, -0.2) is 0 Å². The second kappa shape index (κ2) is 7.87. The summed E-state index contributed by atoms with van der Waals surface area (Å²) in [5.41, 5.74) is 5.94. The fraction of sp³-hybridized carbons (Fsp3) is 0.938. The van der Waals surface area contributed by atoms with Gasteiger partial charge in [0.05, 0.1) is 12.1 Å². The van der Waals surface area contributed by atoms with Crippen LogP contribution in [0.4, 0.5) is 0 Å². The van der Waals surface area contributed by atoms with Gasteiger partial charge in [0.15, 0.2) is 5.96 Å². The minimum Gasteiger partial charge on any atom is -0.373 e. The molecule has 0 heterocycles. The second-order valence-electron chi connectivity index (χ2n) is 6.47. The van der Waals surface area contributed by atoms with Crippen LogP contribution >= 0.6 is 0 Å². The van der Waals surface area contributed by atoms with Crippen molar-refractivity contribution in [1.29, 1.82) is 0 Å². The molecule has 3 N–H and O–H groups in total. The Kier molecular flexibility index (Phi) is 6.14. The van der Waals surface area contributed by atoms with Gasteiger partial charge in [-0.15, -0.1) is 0 Å². The van der Waals surface area contributed by atoms with E-state index >= 15 is 0 Å². The Morgan fingerprint density at radius 1 is 1.25 bits per heavy atom.